The van der Waals surface area contributed by atoms with Crippen molar-refractivity contribution in [3.05, 3.63) is 162 Å². The SMILES string of the molecule is CC1(C)CCC(C)(C)c2cc(N(c3ccc(-c4ccccc4)cc3)c3cc4c(cc3-c3ccccc3)-c3ccccc3C43C4CC5CC6CC3C64C5)ccc21. The number of hydrogen-bond donors (Lipinski definition) is 0. The summed E-state index contributed by atoms with van der Waals surface area (Å²) in [6.45, 7) is 9.81. The molecule has 0 aromatic heterocycles. The van der Waals surface area contributed by atoms with Crippen LogP contribution in [0, 0.1) is 29.1 Å². The van der Waals surface area contributed by atoms with Gasteiger partial charge in [0.1, 0.15) is 0 Å². The first kappa shape index (κ1) is 32.4. The van der Waals surface area contributed by atoms with Crippen LogP contribution in [0.2, 0.25) is 0 Å². The smallest absolute Gasteiger partial charge is 0.0543 e. The van der Waals surface area contributed by atoms with Gasteiger partial charge in [0.05, 0.1) is 5.69 Å². The van der Waals surface area contributed by atoms with Gasteiger partial charge in [0.2, 0.25) is 0 Å². The number of anilines is 3. The summed E-state index contributed by atoms with van der Waals surface area (Å²) in [6, 6.07) is 53.8. The van der Waals surface area contributed by atoms with Gasteiger partial charge in [-0.2, -0.15) is 0 Å². The van der Waals surface area contributed by atoms with Crippen LogP contribution >= 0.6 is 0 Å². The van der Waals surface area contributed by atoms with E-state index in [-0.39, 0.29) is 16.2 Å². The summed E-state index contributed by atoms with van der Waals surface area (Å²) in [4.78, 5) is 2.63. The van der Waals surface area contributed by atoms with Gasteiger partial charge >= 0.3 is 0 Å². The molecule has 4 fully saturated rings. The summed E-state index contributed by atoms with van der Waals surface area (Å²) in [7, 11) is 0. The number of nitrogens with zero attached hydrogens (tertiary/aromatic N) is 1. The highest BCUT2D eigenvalue weighted by molar-refractivity contribution is 5.96. The molecule has 1 heteroatoms. The Labute approximate surface area is 327 Å². The molecule has 0 radical (unpaired) electrons. The maximum absolute atomic E-state index is 2.71. The van der Waals surface area contributed by atoms with Gasteiger partial charge in [0, 0.05) is 22.4 Å². The quantitative estimate of drug-likeness (QED) is 0.172. The Morgan fingerprint density at radius 1 is 0.473 bits per heavy atom. The molecule has 0 amide bonds. The molecule has 6 aromatic rings. The Morgan fingerprint density at radius 3 is 1.85 bits per heavy atom. The average Bonchev–Trinajstić information content (AvgIpc) is 3.84. The lowest BCUT2D eigenvalue weighted by molar-refractivity contribution is -0.231. The zero-order valence-corrected chi connectivity index (χ0v) is 32.8. The van der Waals surface area contributed by atoms with Crippen LogP contribution in [0.15, 0.2) is 140 Å². The minimum absolute atomic E-state index is 0.110. The summed E-state index contributed by atoms with van der Waals surface area (Å²) in [5, 5.41) is 0. The summed E-state index contributed by atoms with van der Waals surface area (Å²) >= 11 is 0. The van der Waals surface area contributed by atoms with Gasteiger partial charge in [-0.15, -0.1) is 0 Å². The summed E-state index contributed by atoms with van der Waals surface area (Å²) in [5.41, 5.74) is 19.1. The van der Waals surface area contributed by atoms with Crippen LogP contribution in [0.3, 0.4) is 0 Å². The number of rotatable bonds is 5. The molecule has 6 aliphatic rings. The molecule has 6 aromatic carbocycles. The fourth-order valence-corrected chi connectivity index (χ4v) is 14.0. The highest BCUT2D eigenvalue weighted by Crippen LogP contribution is 2.89. The molecule has 6 aliphatic carbocycles. The Hall–Kier alpha value is -4.88. The highest BCUT2D eigenvalue weighted by Gasteiger charge is 2.84. The second-order valence-electron chi connectivity index (χ2n) is 19.6. The molecule has 0 saturated heterocycles. The van der Waals surface area contributed by atoms with E-state index in [1.807, 2.05) is 0 Å². The average molecular weight is 714 g/mol. The molecule has 0 N–H and O–H groups in total. The van der Waals surface area contributed by atoms with Crippen molar-refractivity contribution in [2.24, 2.45) is 29.1 Å². The summed E-state index contributed by atoms with van der Waals surface area (Å²) < 4.78 is 0. The minimum atomic E-state index is 0.110. The highest BCUT2D eigenvalue weighted by atomic mass is 15.1. The number of benzene rings is 6. The molecule has 12 rings (SSSR count). The van der Waals surface area contributed by atoms with Crippen LogP contribution in [0.25, 0.3) is 33.4 Å². The van der Waals surface area contributed by atoms with E-state index < -0.39 is 0 Å². The first-order valence-electron chi connectivity index (χ1n) is 21.1. The zero-order chi connectivity index (χ0) is 36.9. The summed E-state index contributed by atoms with van der Waals surface area (Å²) in [6.07, 6.45) is 8.22. The van der Waals surface area contributed by atoms with Crippen molar-refractivity contribution < 1.29 is 0 Å². The molecule has 4 saturated carbocycles. The maximum Gasteiger partial charge on any atom is 0.0543 e. The van der Waals surface area contributed by atoms with E-state index in [1.165, 1.54) is 100 Å². The van der Waals surface area contributed by atoms with Gasteiger partial charge in [0.25, 0.3) is 0 Å². The minimum Gasteiger partial charge on any atom is -0.310 e. The molecule has 1 nitrogen and oxygen atoms in total. The fourth-order valence-electron chi connectivity index (χ4n) is 14.0. The molecule has 2 bridgehead atoms. The fraction of sp³-hybridized carbons (Fsp3) is 0.333. The van der Waals surface area contributed by atoms with Crippen LogP contribution in [-0.2, 0) is 16.2 Å². The third-order valence-corrected chi connectivity index (χ3v) is 16.4. The van der Waals surface area contributed by atoms with Crippen molar-refractivity contribution in [2.75, 3.05) is 4.90 Å². The van der Waals surface area contributed by atoms with Crippen LogP contribution < -0.4 is 4.90 Å². The lowest BCUT2D eigenvalue weighted by atomic mass is 9.27. The Kier molecular flexibility index (Phi) is 6.42. The Morgan fingerprint density at radius 2 is 1.11 bits per heavy atom. The van der Waals surface area contributed by atoms with Crippen LogP contribution in [0.1, 0.15) is 88.5 Å². The van der Waals surface area contributed by atoms with E-state index in [1.54, 1.807) is 11.1 Å². The second-order valence-corrected chi connectivity index (χ2v) is 19.6. The predicted molar refractivity (Wildman–Crippen MR) is 228 cm³/mol. The van der Waals surface area contributed by atoms with Crippen LogP contribution in [-0.4, -0.2) is 0 Å². The van der Waals surface area contributed by atoms with E-state index >= 15 is 0 Å². The molecule has 6 unspecified atom stereocenters. The first-order chi connectivity index (χ1) is 26.7. The lowest BCUT2D eigenvalue weighted by Crippen LogP contribution is -2.73. The van der Waals surface area contributed by atoms with E-state index in [0.717, 1.165) is 23.7 Å². The molecule has 55 heavy (non-hydrogen) atoms. The third-order valence-electron chi connectivity index (χ3n) is 16.4. The van der Waals surface area contributed by atoms with Crippen molar-refractivity contribution in [3.63, 3.8) is 0 Å². The van der Waals surface area contributed by atoms with Crippen LogP contribution in [0.4, 0.5) is 17.1 Å². The van der Waals surface area contributed by atoms with E-state index in [0.29, 0.717) is 5.41 Å². The van der Waals surface area contributed by atoms with Crippen LogP contribution in [0.5, 0.6) is 0 Å². The van der Waals surface area contributed by atoms with Gasteiger partial charge < -0.3 is 4.90 Å². The topological polar surface area (TPSA) is 3.24 Å². The summed E-state index contributed by atoms with van der Waals surface area (Å²) in [5.74, 6) is 3.44. The van der Waals surface area contributed by atoms with E-state index in [2.05, 4.69) is 172 Å². The van der Waals surface area contributed by atoms with E-state index in [4.69, 9.17) is 0 Å². The molecule has 0 aliphatic heterocycles. The van der Waals surface area contributed by atoms with Gasteiger partial charge in [-0.05, 0) is 165 Å². The second kappa shape index (κ2) is 10.9. The predicted octanol–water partition coefficient (Wildman–Crippen LogP) is 14.2. The molecule has 272 valence electrons. The molecule has 6 atom stereocenters. The van der Waals surface area contributed by atoms with Gasteiger partial charge in [-0.25, -0.2) is 0 Å². The maximum atomic E-state index is 2.71. The Balaban J connectivity index is 1.12. The number of fused-ring (bicyclic) bond motifs is 9. The molecular weight excluding hydrogens is 663 g/mol. The molecule has 2 spiro atoms. The molecule has 0 heterocycles. The zero-order valence-electron chi connectivity index (χ0n) is 32.8. The van der Waals surface area contributed by atoms with Gasteiger partial charge in [-0.3, -0.25) is 0 Å². The number of hydrogen-bond acceptors (Lipinski definition) is 1. The van der Waals surface area contributed by atoms with Gasteiger partial charge in [0.15, 0.2) is 0 Å². The van der Waals surface area contributed by atoms with Crippen molar-refractivity contribution >= 4 is 17.1 Å². The van der Waals surface area contributed by atoms with Crippen molar-refractivity contribution in [1.82, 2.24) is 0 Å². The van der Waals surface area contributed by atoms with Crippen molar-refractivity contribution in [3.8, 4) is 33.4 Å². The van der Waals surface area contributed by atoms with Crippen molar-refractivity contribution in [1.29, 1.82) is 0 Å². The largest absolute Gasteiger partial charge is 0.310 e. The van der Waals surface area contributed by atoms with Gasteiger partial charge in [-0.1, -0.05) is 131 Å². The lowest BCUT2D eigenvalue weighted by Gasteiger charge is -2.76. The third kappa shape index (κ3) is 4.10. The molecular formula is C54H51N. The first-order valence-corrected chi connectivity index (χ1v) is 21.1. The monoisotopic (exact) mass is 713 g/mol. The normalized spacial score (nSPS) is 29.1. The van der Waals surface area contributed by atoms with Crippen molar-refractivity contribution in [2.45, 2.75) is 82.5 Å². The standard InChI is InChI=1S/C54H51N/c1-51(2)25-26-52(3,4)47-30-40(23-24-45(47)51)55(39-21-19-36(20-22-39)35-13-7-5-8-14-35)48-32-46-43(31-42(48)37-15-9-6-10-16-37)41-17-11-12-18-44(41)54(46)49-28-34-27-38-29-50(54)53(38,49)33-34/h5-24,30-32,34,38,49-50H,25-29,33H2,1-4H3. The van der Waals surface area contributed by atoms with E-state index in [9.17, 15) is 0 Å². The Bertz CT molecular complexity index is 2530.